The zero-order valence-electron chi connectivity index (χ0n) is 6.05. The van der Waals surface area contributed by atoms with E-state index in [1.807, 2.05) is 5.48 Å². The lowest BCUT2D eigenvalue weighted by Gasteiger charge is -2.07. The molecule has 2 atom stereocenters. The first-order chi connectivity index (χ1) is 5.33. The van der Waals surface area contributed by atoms with Crippen molar-refractivity contribution >= 4 is 6.41 Å². The molecular formula is C6H11FN2O2. The molecule has 1 amide bonds. The zero-order valence-corrected chi connectivity index (χ0v) is 6.05. The Labute approximate surface area is 64.1 Å². The molecule has 1 aliphatic rings. The molecule has 0 saturated carbocycles. The largest absolute Gasteiger partial charge is 0.309 e. The van der Waals surface area contributed by atoms with Crippen LogP contribution in [0.3, 0.4) is 0 Å². The van der Waals surface area contributed by atoms with Crippen molar-refractivity contribution in [2.75, 3.05) is 13.2 Å². The van der Waals surface area contributed by atoms with Gasteiger partial charge in [0.15, 0.2) is 0 Å². The highest BCUT2D eigenvalue weighted by molar-refractivity contribution is 5.43. The van der Waals surface area contributed by atoms with Crippen molar-refractivity contribution in [1.82, 2.24) is 10.8 Å². The molecule has 1 aliphatic heterocycles. The number of alkyl halides is 1. The standard InChI is InChI=1S/C6H11FN2O2/c7-5-1-6(8-2-5)3-11-9-4-10/h4-6,8H,1-3H2,(H,9,10)/t5-,6-/m0/s1. The maximum Gasteiger partial charge on any atom is 0.230 e. The van der Waals surface area contributed by atoms with Gasteiger partial charge in [-0.25, -0.2) is 9.87 Å². The molecule has 1 saturated heterocycles. The van der Waals surface area contributed by atoms with Crippen LogP contribution in [0.5, 0.6) is 0 Å². The predicted octanol–water partition coefficient (Wildman–Crippen LogP) is -0.636. The van der Waals surface area contributed by atoms with E-state index in [0.29, 0.717) is 26.0 Å². The van der Waals surface area contributed by atoms with E-state index in [9.17, 15) is 9.18 Å². The number of carbonyl (C=O) groups excluding carboxylic acids is 1. The normalized spacial score (nSPS) is 30.3. The predicted molar refractivity (Wildman–Crippen MR) is 36.5 cm³/mol. The summed E-state index contributed by atoms with van der Waals surface area (Å²) in [4.78, 5) is 14.4. The van der Waals surface area contributed by atoms with Gasteiger partial charge in [0.05, 0.1) is 6.61 Å². The monoisotopic (exact) mass is 162 g/mol. The summed E-state index contributed by atoms with van der Waals surface area (Å²) in [5.74, 6) is 0. The zero-order chi connectivity index (χ0) is 8.10. The lowest BCUT2D eigenvalue weighted by atomic mass is 10.2. The van der Waals surface area contributed by atoms with Gasteiger partial charge in [-0.2, -0.15) is 0 Å². The van der Waals surface area contributed by atoms with Crippen LogP contribution >= 0.6 is 0 Å². The average molecular weight is 162 g/mol. The Morgan fingerprint density at radius 1 is 1.82 bits per heavy atom. The van der Waals surface area contributed by atoms with Crippen LogP contribution in [-0.4, -0.2) is 31.8 Å². The number of hydroxylamine groups is 1. The first-order valence-corrected chi connectivity index (χ1v) is 3.51. The Morgan fingerprint density at radius 2 is 2.64 bits per heavy atom. The summed E-state index contributed by atoms with van der Waals surface area (Å²) in [6.45, 7) is 0.703. The second kappa shape index (κ2) is 4.25. The average Bonchev–Trinajstić information content (AvgIpc) is 2.37. The maximum absolute atomic E-state index is 12.5. The van der Waals surface area contributed by atoms with Gasteiger partial charge in [0, 0.05) is 12.6 Å². The third kappa shape index (κ3) is 2.81. The Bertz CT molecular complexity index is 134. The second-order valence-electron chi connectivity index (χ2n) is 2.48. The minimum atomic E-state index is -0.778. The summed E-state index contributed by atoms with van der Waals surface area (Å²) in [5, 5.41) is 2.91. The molecule has 0 unspecified atom stereocenters. The highest BCUT2D eigenvalue weighted by atomic mass is 19.1. The second-order valence-corrected chi connectivity index (χ2v) is 2.48. The molecule has 11 heavy (non-hydrogen) atoms. The van der Waals surface area contributed by atoms with Gasteiger partial charge < -0.3 is 5.32 Å². The van der Waals surface area contributed by atoms with Crippen LogP contribution in [0.25, 0.3) is 0 Å². The van der Waals surface area contributed by atoms with Gasteiger partial charge in [-0.15, -0.1) is 0 Å². The van der Waals surface area contributed by atoms with Gasteiger partial charge in [0.2, 0.25) is 6.41 Å². The minimum Gasteiger partial charge on any atom is -0.309 e. The highest BCUT2D eigenvalue weighted by Gasteiger charge is 2.23. The number of carbonyl (C=O) groups is 1. The molecule has 0 aromatic rings. The van der Waals surface area contributed by atoms with E-state index in [2.05, 4.69) is 10.2 Å². The number of amides is 1. The molecule has 0 aromatic heterocycles. The van der Waals surface area contributed by atoms with E-state index in [0.717, 1.165) is 0 Å². The molecule has 0 aromatic carbocycles. The van der Waals surface area contributed by atoms with Gasteiger partial charge in [-0.3, -0.25) is 9.63 Å². The fourth-order valence-corrected chi connectivity index (χ4v) is 1.08. The lowest BCUT2D eigenvalue weighted by Crippen LogP contribution is -2.29. The lowest BCUT2D eigenvalue weighted by molar-refractivity contribution is -0.121. The van der Waals surface area contributed by atoms with Crippen molar-refractivity contribution in [3.8, 4) is 0 Å². The summed E-state index contributed by atoms with van der Waals surface area (Å²) in [6.07, 6.45) is 0.127. The summed E-state index contributed by atoms with van der Waals surface area (Å²) < 4.78 is 12.5. The number of rotatable bonds is 4. The van der Waals surface area contributed by atoms with Crippen molar-refractivity contribution in [1.29, 1.82) is 0 Å². The van der Waals surface area contributed by atoms with Crippen LogP contribution in [0.4, 0.5) is 4.39 Å². The first kappa shape index (κ1) is 8.42. The Balaban J connectivity index is 2.03. The maximum atomic E-state index is 12.5. The summed E-state index contributed by atoms with van der Waals surface area (Å²) in [7, 11) is 0. The fraction of sp³-hybridized carbons (Fsp3) is 0.833. The van der Waals surface area contributed by atoms with Crippen LogP contribution in [0.1, 0.15) is 6.42 Å². The van der Waals surface area contributed by atoms with Crippen LogP contribution in [0, 0.1) is 0 Å². The number of hydrogen-bond donors (Lipinski definition) is 2. The van der Waals surface area contributed by atoms with Crippen LogP contribution in [0.15, 0.2) is 0 Å². The molecule has 0 bridgehead atoms. The molecule has 0 aliphatic carbocycles. The molecule has 64 valence electrons. The van der Waals surface area contributed by atoms with Crippen molar-refractivity contribution in [2.45, 2.75) is 18.6 Å². The molecule has 1 fully saturated rings. The van der Waals surface area contributed by atoms with Gasteiger partial charge in [0.25, 0.3) is 0 Å². The third-order valence-electron chi connectivity index (χ3n) is 1.58. The molecular weight excluding hydrogens is 151 g/mol. The van der Waals surface area contributed by atoms with E-state index in [4.69, 9.17) is 0 Å². The highest BCUT2D eigenvalue weighted by Crippen LogP contribution is 2.09. The number of halogens is 1. The van der Waals surface area contributed by atoms with Crippen LogP contribution < -0.4 is 10.8 Å². The Morgan fingerprint density at radius 3 is 3.18 bits per heavy atom. The molecule has 1 heterocycles. The van der Waals surface area contributed by atoms with Crippen molar-refractivity contribution < 1.29 is 14.0 Å². The molecule has 2 N–H and O–H groups in total. The molecule has 5 heteroatoms. The van der Waals surface area contributed by atoms with Gasteiger partial charge in [0.1, 0.15) is 6.17 Å². The van der Waals surface area contributed by atoms with Crippen molar-refractivity contribution in [2.24, 2.45) is 0 Å². The van der Waals surface area contributed by atoms with Crippen molar-refractivity contribution in [3.05, 3.63) is 0 Å². The summed E-state index contributed by atoms with van der Waals surface area (Å²) in [5.41, 5.74) is 2.05. The van der Waals surface area contributed by atoms with Gasteiger partial charge in [-0.1, -0.05) is 0 Å². The summed E-state index contributed by atoms with van der Waals surface area (Å²) >= 11 is 0. The number of nitrogens with one attached hydrogen (secondary N) is 2. The Hall–Kier alpha value is -0.680. The Kier molecular flexibility index (Phi) is 3.25. The van der Waals surface area contributed by atoms with Crippen LogP contribution in [-0.2, 0) is 9.63 Å². The molecule has 0 spiro atoms. The third-order valence-corrected chi connectivity index (χ3v) is 1.58. The SMILES string of the molecule is O=CNOC[C@@H]1C[C@H](F)CN1. The van der Waals surface area contributed by atoms with E-state index in [1.165, 1.54) is 0 Å². The summed E-state index contributed by atoms with van der Waals surface area (Å²) in [6, 6.07) is 0.0254. The van der Waals surface area contributed by atoms with E-state index in [-0.39, 0.29) is 6.04 Å². The first-order valence-electron chi connectivity index (χ1n) is 3.51. The van der Waals surface area contributed by atoms with Crippen LogP contribution in [0.2, 0.25) is 0 Å². The quantitative estimate of drug-likeness (QED) is 0.328. The smallest absolute Gasteiger partial charge is 0.230 e. The van der Waals surface area contributed by atoms with Gasteiger partial charge >= 0.3 is 0 Å². The van der Waals surface area contributed by atoms with E-state index < -0.39 is 6.17 Å². The fourth-order valence-electron chi connectivity index (χ4n) is 1.08. The van der Waals surface area contributed by atoms with Crippen molar-refractivity contribution in [3.63, 3.8) is 0 Å². The van der Waals surface area contributed by atoms with Gasteiger partial charge in [-0.05, 0) is 6.42 Å². The molecule has 0 radical (unpaired) electrons. The molecule has 1 rings (SSSR count). The van der Waals surface area contributed by atoms with E-state index >= 15 is 0 Å². The topological polar surface area (TPSA) is 50.4 Å². The molecule has 4 nitrogen and oxygen atoms in total. The van der Waals surface area contributed by atoms with E-state index in [1.54, 1.807) is 0 Å². The number of hydrogen-bond acceptors (Lipinski definition) is 3. The minimum absolute atomic E-state index is 0.0254.